The number of anilines is 1. The number of rotatable bonds is 10. The maximum atomic E-state index is 16.8. The van der Waals surface area contributed by atoms with Gasteiger partial charge in [-0.1, -0.05) is 33.8 Å². The Morgan fingerprint density at radius 2 is 1.68 bits per heavy atom. The van der Waals surface area contributed by atoms with E-state index in [4.69, 9.17) is 28.4 Å². The Morgan fingerprint density at radius 1 is 1.05 bits per heavy atom. The third-order valence-corrected chi connectivity index (χ3v) is 12.1. The van der Waals surface area contributed by atoms with Crippen LogP contribution in [0.15, 0.2) is 18.2 Å². The number of halogens is 3. The third-order valence-electron chi connectivity index (χ3n) is 12.1. The van der Waals surface area contributed by atoms with Crippen LogP contribution in [0.25, 0.3) is 0 Å². The van der Waals surface area contributed by atoms with Crippen LogP contribution in [-0.2, 0) is 42.8 Å². The molecule has 0 spiro atoms. The van der Waals surface area contributed by atoms with E-state index in [1.165, 1.54) is 25.9 Å². The fraction of sp³-hybridized carbons (Fsp3) is 0.732. The number of aliphatic hydroxyl groups excluding tert-OH is 1. The molecule has 15 nitrogen and oxygen atoms in total. The molecule has 59 heavy (non-hydrogen) atoms. The van der Waals surface area contributed by atoms with Crippen LogP contribution in [0.3, 0.4) is 0 Å². The Bertz CT molecular complexity index is 1700. The number of hydrogen-bond acceptors (Lipinski definition) is 13. The van der Waals surface area contributed by atoms with Crippen molar-refractivity contribution in [2.75, 3.05) is 39.7 Å². The highest BCUT2D eigenvalue weighted by atomic mass is 19.1. The second-order valence-corrected chi connectivity index (χ2v) is 16.8. The zero-order valence-electron chi connectivity index (χ0n) is 35.7. The number of benzene rings is 1. The van der Waals surface area contributed by atoms with Crippen molar-refractivity contribution in [1.29, 1.82) is 0 Å². The number of likely N-dealkylation sites (N-methyl/N-ethyl adjacent to an activating group) is 1. The Labute approximate surface area is 343 Å². The molecule has 3 heterocycles. The molecule has 0 radical (unpaired) electrons. The van der Waals surface area contributed by atoms with Crippen LogP contribution in [0.4, 0.5) is 28.4 Å². The zero-order chi connectivity index (χ0) is 44.4. The topological polar surface area (TPSA) is 179 Å². The Morgan fingerprint density at radius 3 is 2.25 bits per heavy atom. The quantitative estimate of drug-likeness (QED) is 0.136. The molecule has 1 aromatic carbocycles. The lowest BCUT2D eigenvalue weighted by molar-refractivity contribution is -0.295. The number of cyclic esters (lactones) is 1. The van der Waals surface area contributed by atoms with Crippen LogP contribution >= 0.6 is 0 Å². The van der Waals surface area contributed by atoms with E-state index in [9.17, 15) is 37.9 Å². The van der Waals surface area contributed by atoms with Gasteiger partial charge in [0.2, 0.25) is 0 Å². The van der Waals surface area contributed by atoms with Gasteiger partial charge in [-0.15, -0.1) is 0 Å². The van der Waals surface area contributed by atoms with E-state index in [0.29, 0.717) is 6.42 Å². The van der Waals surface area contributed by atoms with Gasteiger partial charge in [-0.25, -0.2) is 27.6 Å². The zero-order valence-corrected chi connectivity index (χ0v) is 35.7. The minimum atomic E-state index is -3.26. The fourth-order valence-corrected chi connectivity index (χ4v) is 8.87. The maximum absolute atomic E-state index is 16.8. The molecule has 4 rings (SSSR count). The number of carbonyl (C=O) groups excluding carboxylic acids is 5. The summed E-state index contributed by atoms with van der Waals surface area (Å²) in [5.74, 6) is -8.47. The summed E-state index contributed by atoms with van der Waals surface area (Å²) >= 11 is 0. The number of amides is 2. The molecule has 13 atom stereocenters. The highest BCUT2D eigenvalue weighted by molar-refractivity contribution is 6.08. The molecule has 18 heteroatoms. The van der Waals surface area contributed by atoms with Crippen molar-refractivity contribution >= 4 is 35.4 Å². The van der Waals surface area contributed by atoms with Crippen LogP contribution < -0.4 is 5.32 Å². The number of hydrogen-bond donors (Lipinski definition) is 2. The minimum Gasteiger partial charge on any atom is -0.455 e. The number of Topliss-reactive ketones (excluding diaryl/α,β-unsaturated/α-hetero) is 2. The van der Waals surface area contributed by atoms with Crippen molar-refractivity contribution in [3.63, 3.8) is 0 Å². The van der Waals surface area contributed by atoms with E-state index in [2.05, 4.69) is 0 Å². The van der Waals surface area contributed by atoms with Crippen molar-refractivity contribution in [2.45, 2.75) is 141 Å². The predicted molar refractivity (Wildman–Crippen MR) is 206 cm³/mol. The molecule has 2 N–H and O–H groups in total. The lowest BCUT2D eigenvalue weighted by atomic mass is 9.73. The van der Waals surface area contributed by atoms with E-state index >= 15 is 4.39 Å². The van der Waals surface area contributed by atoms with Crippen LogP contribution in [0, 0.1) is 29.4 Å². The minimum absolute atomic E-state index is 0.0261. The molecule has 2 amide bonds. The van der Waals surface area contributed by atoms with E-state index in [1.54, 1.807) is 48.7 Å². The first kappa shape index (κ1) is 47.8. The van der Waals surface area contributed by atoms with Crippen LogP contribution in [-0.4, -0.2) is 139 Å². The van der Waals surface area contributed by atoms with Crippen LogP contribution in [0.1, 0.15) is 81.1 Å². The number of fused-ring (bicyclic) bond motifs is 1. The summed E-state index contributed by atoms with van der Waals surface area (Å²) < 4.78 is 80.2. The van der Waals surface area contributed by atoms with Gasteiger partial charge in [-0.05, 0) is 79.6 Å². The number of nitrogens with zero attached hydrogens (tertiary/aromatic N) is 2. The van der Waals surface area contributed by atoms with E-state index in [0.717, 1.165) is 25.1 Å². The average Bonchev–Trinajstić information content (AvgIpc) is 3.43. The fourth-order valence-electron chi connectivity index (χ4n) is 8.87. The molecule has 3 saturated heterocycles. The summed E-state index contributed by atoms with van der Waals surface area (Å²) in [5.41, 5.74) is -7.25. The van der Waals surface area contributed by atoms with Crippen molar-refractivity contribution in [1.82, 2.24) is 9.80 Å². The monoisotopic (exact) mass is 843 g/mol. The van der Waals surface area contributed by atoms with Crippen LogP contribution in [0.5, 0.6) is 0 Å². The smallest absolute Gasteiger partial charge is 0.411 e. The summed E-state index contributed by atoms with van der Waals surface area (Å²) in [6.07, 6.45) is -7.38. The number of para-hydroxylation sites is 1. The van der Waals surface area contributed by atoms with E-state index in [1.807, 2.05) is 10.2 Å². The summed E-state index contributed by atoms with van der Waals surface area (Å²) in [4.78, 5) is 71.7. The molecule has 0 unspecified atom stereocenters. The SMILES string of the molecule is CC[C@H]1OC(=O)[C@@](C)(F)C(=O)[C@H](C)[C@@H](O[C@@H]2O[C@H](C)C[C@H](N(C)C)[C@H]2O)[C@](C)(OC)C[C@@H](C)C(=O)[C@H](C)[C@H]2N(CCCOC(=O)Nc3c(F)cccc3F)C(=O)O[C@]12C. The first-order valence-electron chi connectivity index (χ1n) is 20.0. The first-order chi connectivity index (χ1) is 27.4. The number of ether oxygens (including phenoxy) is 6. The largest absolute Gasteiger partial charge is 0.455 e. The predicted octanol–water partition coefficient (Wildman–Crippen LogP) is 5.20. The third kappa shape index (κ3) is 9.87. The molecular weight excluding hydrogens is 783 g/mol. The molecule has 3 aliphatic heterocycles. The molecule has 0 bridgehead atoms. The number of carbonyl (C=O) groups is 5. The van der Waals surface area contributed by atoms with Gasteiger partial charge in [-0.3, -0.25) is 14.9 Å². The number of esters is 1. The van der Waals surface area contributed by atoms with Crippen molar-refractivity contribution < 1.29 is 70.7 Å². The molecule has 3 fully saturated rings. The molecule has 332 valence electrons. The number of alkyl halides is 1. The Hall–Kier alpha value is -3.84. The average molecular weight is 844 g/mol. The molecule has 0 saturated carbocycles. The van der Waals surface area contributed by atoms with Gasteiger partial charge in [-0.2, -0.15) is 0 Å². The number of methoxy groups -OCH3 is 1. The van der Waals surface area contributed by atoms with Gasteiger partial charge in [0, 0.05) is 37.5 Å². The maximum Gasteiger partial charge on any atom is 0.411 e. The molecular formula is C41H60F3N3O12. The standard InChI is InChI=1S/C41H60F3N3O12/c1-12-28-41(8)32(47(38(53)59-41)17-14-18-55-37(52)45-29-25(42)15-13-16-26(29)43)23(4)30(48)21(2)20-39(6,54-11)34(24(5)33(50)40(7,44)36(51)57-28)58-35-31(49)27(46(9)10)19-22(3)56-35/h13,15-16,21-24,27-28,31-32,34-35,49H,12,14,17-20H2,1-11H3,(H,45,52)/t21-,22-,23+,24+,27+,28-,31-,32-,34-,35+,39-,40+,41-/m1/s1. The van der Waals surface area contributed by atoms with Gasteiger partial charge in [0.15, 0.2) is 17.7 Å². The molecule has 3 aliphatic rings. The van der Waals surface area contributed by atoms with E-state index < -0.39 is 113 Å². The normalized spacial score (nSPS) is 37.4. The highest BCUT2D eigenvalue weighted by Crippen LogP contribution is 2.43. The summed E-state index contributed by atoms with van der Waals surface area (Å²) in [7, 11) is 4.91. The van der Waals surface area contributed by atoms with Crippen molar-refractivity contribution in [3.05, 3.63) is 29.8 Å². The Kier molecular flexibility index (Phi) is 15.3. The summed E-state index contributed by atoms with van der Waals surface area (Å²) in [6.45, 7) is 11.3. The molecule has 0 aliphatic carbocycles. The van der Waals surface area contributed by atoms with Gasteiger partial charge in [0.05, 0.1) is 30.5 Å². The lowest BCUT2D eigenvalue weighted by Gasteiger charge is -2.47. The highest BCUT2D eigenvalue weighted by Gasteiger charge is 2.61. The van der Waals surface area contributed by atoms with Crippen molar-refractivity contribution in [2.24, 2.45) is 17.8 Å². The van der Waals surface area contributed by atoms with Crippen LogP contribution in [0.2, 0.25) is 0 Å². The van der Waals surface area contributed by atoms with Gasteiger partial charge < -0.3 is 43.3 Å². The lowest BCUT2D eigenvalue weighted by Crippen LogP contribution is -2.61. The van der Waals surface area contributed by atoms with Gasteiger partial charge in [0.1, 0.15) is 35.3 Å². The number of nitrogens with one attached hydrogen (secondary N) is 1. The van der Waals surface area contributed by atoms with Gasteiger partial charge in [0.25, 0.3) is 5.67 Å². The second kappa shape index (κ2) is 18.8. The summed E-state index contributed by atoms with van der Waals surface area (Å²) in [5, 5.41) is 13.4. The van der Waals surface area contributed by atoms with E-state index in [-0.39, 0.29) is 44.3 Å². The first-order valence-corrected chi connectivity index (χ1v) is 20.0. The molecule has 0 aromatic heterocycles. The second-order valence-electron chi connectivity index (χ2n) is 16.8. The number of ketones is 2. The van der Waals surface area contributed by atoms with Crippen molar-refractivity contribution in [3.8, 4) is 0 Å². The number of aliphatic hydroxyl groups is 1. The summed E-state index contributed by atoms with van der Waals surface area (Å²) in [6, 6.07) is 1.50. The van der Waals surface area contributed by atoms with Gasteiger partial charge >= 0.3 is 18.2 Å². The Balaban J connectivity index is 1.69. The molecule has 1 aromatic rings.